The second-order valence-electron chi connectivity index (χ2n) is 5.75. The number of nitrogens with zero attached hydrogens (tertiary/aromatic N) is 1. The van der Waals surface area contributed by atoms with Gasteiger partial charge in [-0.15, -0.1) is 0 Å². The van der Waals surface area contributed by atoms with Crippen LogP contribution in [0.1, 0.15) is 0 Å². The lowest BCUT2D eigenvalue weighted by Gasteiger charge is -2.04. The molecule has 0 aliphatic heterocycles. The number of aromatic nitrogens is 2. The van der Waals surface area contributed by atoms with E-state index in [0.717, 1.165) is 27.2 Å². The summed E-state index contributed by atoms with van der Waals surface area (Å²) in [6.07, 6.45) is 0. The maximum atomic E-state index is 12.4. The molecule has 4 heteroatoms. The number of H-pyrrole nitrogens is 1. The Morgan fingerprint density at radius 3 is 2.62 bits per heavy atom. The summed E-state index contributed by atoms with van der Waals surface area (Å²) < 4.78 is 5.54. The molecule has 24 heavy (non-hydrogen) atoms. The van der Waals surface area contributed by atoms with Crippen LogP contribution in [0.2, 0.25) is 0 Å². The molecule has 0 atom stereocenters. The molecule has 0 aliphatic rings. The average Bonchev–Trinajstić information content (AvgIpc) is 3.04. The number of imidazole rings is 1. The van der Waals surface area contributed by atoms with E-state index in [-0.39, 0.29) is 0 Å². The molecule has 0 spiro atoms. The van der Waals surface area contributed by atoms with Crippen LogP contribution >= 0.6 is 0 Å². The number of para-hydroxylation sites is 2. The lowest BCUT2D eigenvalue weighted by molar-refractivity contribution is 0.563. The Morgan fingerprint density at radius 1 is 0.875 bits per heavy atom. The average molecular weight is 312 g/mol. The monoisotopic (exact) mass is 312 g/mol. The van der Waals surface area contributed by atoms with Crippen LogP contribution in [0.25, 0.3) is 44.2 Å². The second-order valence-corrected chi connectivity index (χ2v) is 5.75. The number of benzene rings is 3. The zero-order valence-electron chi connectivity index (χ0n) is 12.6. The van der Waals surface area contributed by atoms with Gasteiger partial charge >= 0.3 is 5.63 Å². The summed E-state index contributed by atoms with van der Waals surface area (Å²) >= 11 is 0. The van der Waals surface area contributed by atoms with Crippen molar-refractivity contribution < 1.29 is 4.42 Å². The number of hydrogen-bond donors (Lipinski definition) is 1. The van der Waals surface area contributed by atoms with Gasteiger partial charge in [0.2, 0.25) is 0 Å². The third kappa shape index (κ3) is 1.86. The molecule has 5 aromatic rings. The first kappa shape index (κ1) is 13.1. The number of fused-ring (bicyclic) bond motifs is 4. The quantitative estimate of drug-likeness (QED) is 0.366. The van der Waals surface area contributed by atoms with E-state index in [1.807, 2.05) is 66.7 Å². The van der Waals surface area contributed by atoms with Crippen molar-refractivity contribution in [3.63, 3.8) is 0 Å². The van der Waals surface area contributed by atoms with E-state index in [4.69, 9.17) is 4.42 Å². The number of rotatable bonds is 1. The first-order valence-corrected chi connectivity index (χ1v) is 7.70. The summed E-state index contributed by atoms with van der Waals surface area (Å²) in [5, 5.41) is 3.06. The van der Waals surface area contributed by atoms with Crippen LogP contribution in [0.3, 0.4) is 0 Å². The molecule has 0 saturated carbocycles. The fraction of sp³-hybridized carbons (Fsp3) is 0. The Bertz CT molecular complexity index is 1250. The molecular weight excluding hydrogens is 300 g/mol. The zero-order chi connectivity index (χ0) is 16.1. The maximum Gasteiger partial charge on any atom is 0.347 e. The van der Waals surface area contributed by atoms with Crippen LogP contribution in [0.15, 0.2) is 75.9 Å². The van der Waals surface area contributed by atoms with E-state index >= 15 is 0 Å². The second kappa shape index (κ2) is 4.80. The Morgan fingerprint density at radius 2 is 1.71 bits per heavy atom. The van der Waals surface area contributed by atoms with Crippen LogP contribution in [0, 0.1) is 0 Å². The molecule has 0 bridgehead atoms. The Labute approximate surface area is 136 Å². The van der Waals surface area contributed by atoms with Crippen LogP contribution in [0.5, 0.6) is 0 Å². The summed E-state index contributed by atoms with van der Waals surface area (Å²) in [5.74, 6) is 0.528. The van der Waals surface area contributed by atoms with E-state index in [0.29, 0.717) is 17.0 Å². The molecule has 0 amide bonds. The normalized spacial score (nSPS) is 11.5. The molecule has 5 rings (SSSR count). The first-order chi connectivity index (χ1) is 11.8. The highest BCUT2D eigenvalue weighted by Crippen LogP contribution is 2.27. The van der Waals surface area contributed by atoms with E-state index in [2.05, 4.69) is 9.97 Å². The molecule has 2 aromatic heterocycles. The van der Waals surface area contributed by atoms with E-state index < -0.39 is 5.63 Å². The van der Waals surface area contributed by atoms with Crippen molar-refractivity contribution in [1.82, 2.24) is 9.97 Å². The molecule has 114 valence electrons. The molecule has 3 aromatic carbocycles. The van der Waals surface area contributed by atoms with Crippen molar-refractivity contribution >= 4 is 32.8 Å². The molecule has 0 saturated heterocycles. The first-order valence-electron chi connectivity index (χ1n) is 7.70. The highest BCUT2D eigenvalue weighted by Gasteiger charge is 2.13. The molecule has 0 fully saturated rings. The lowest BCUT2D eigenvalue weighted by atomic mass is 10.0. The van der Waals surface area contributed by atoms with Crippen molar-refractivity contribution in [2.75, 3.05) is 0 Å². The Kier molecular flexibility index (Phi) is 2.61. The van der Waals surface area contributed by atoms with Crippen molar-refractivity contribution in [3.8, 4) is 11.4 Å². The third-order valence-electron chi connectivity index (χ3n) is 4.29. The predicted octanol–water partition coefficient (Wildman–Crippen LogP) is 4.49. The molecule has 0 aliphatic carbocycles. The van der Waals surface area contributed by atoms with Crippen molar-refractivity contribution in [2.24, 2.45) is 0 Å². The molecule has 0 radical (unpaired) electrons. The standard InChI is InChI=1S/C20H12N2O2/c23-20-15(19-21-16-7-3-4-8-17(16)22-19)11-14-13-6-2-1-5-12(13)9-10-18(14)24-20/h1-11H,(H,21,22). The van der Waals surface area contributed by atoms with Gasteiger partial charge in [0.25, 0.3) is 0 Å². The number of nitrogens with one attached hydrogen (secondary N) is 1. The van der Waals surface area contributed by atoms with Crippen molar-refractivity contribution in [1.29, 1.82) is 0 Å². The molecule has 0 unspecified atom stereocenters. The summed E-state index contributed by atoms with van der Waals surface area (Å²) in [4.78, 5) is 20.1. The summed E-state index contributed by atoms with van der Waals surface area (Å²) in [7, 11) is 0. The molecular formula is C20H12N2O2. The van der Waals surface area contributed by atoms with Gasteiger partial charge in [0, 0.05) is 5.39 Å². The topological polar surface area (TPSA) is 58.9 Å². The van der Waals surface area contributed by atoms with Crippen LogP contribution in [0.4, 0.5) is 0 Å². The van der Waals surface area contributed by atoms with Gasteiger partial charge < -0.3 is 9.40 Å². The van der Waals surface area contributed by atoms with Gasteiger partial charge in [0.15, 0.2) is 0 Å². The van der Waals surface area contributed by atoms with Gasteiger partial charge in [-0.2, -0.15) is 0 Å². The van der Waals surface area contributed by atoms with E-state index in [1.165, 1.54) is 0 Å². The van der Waals surface area contributed by atoms with Gasteiger partial charge in [-0.25, -0.2) is 9.78 Å². The maximum absolute atomic E-state index is 12.4. The fourth-order valence-corrected chi connectivity index (χ4v) is 3.12. The minimum atomic E-state index is -0.392. The van der Waals surface area contributed by atoms with Gasteiger partial charge in [0.05, 0.1) is 11.0 Å². The highest BCUT2D eigenvalue weighted by molar-refractivity contribution is 6.06. The summed E-state index contributed by atoms with van der Waals surface area (Å²) in [6.45, 7) is 0. The lowest BCUT2D eigenvalue weighted by Crippen LogP contribution is -2.03. The van der Waals surface area contributed by atoms with E-state index in [1.54, 1.807) is 0 Å². The minimum absolute atomic E-state index is 0.392. The smallest absolute Gasteiger partial charge is 0.347 e. The van der Waals surface area contributed by atoms with Crippen LogP contribution in [-0.2, 0) is 0 Å². The van der Waals surface area contributed by atoms with Gasteiger partial charge in [-0.1, -0.05) is 42.5 Å². The Hall–Kier alpha value is -3.40. The summed E-state index contributed by atoms with van der Waals surface area (Å²) in [6, 6.07) is 21.4. The predicted molar refractivity (Wildman–Crippen MR) is 95.1 cm³/mol. The molecule has 1 N–H and O–H groups in total. The van der Waals surface area contributed by atoms with Crippen LogP contribution in [-0.4, -0.2) is 9.97 Å². The van der Waals surface area contributed by atoms with Gasteiger partial charge in [-0.05, 0) is 35.0 Å². The SMILES string of the molecule is O=c1oc2ccc3ccccc3c2cc1-c1nc2ccccc2[nH]1. The van der Waals surface area contributed by atoms with E-state index in [9.17, 15) is 4.79 Å². The summed E-state index contributed by atoms with van der Waals surface area (Å²) in [5.41, 5.74) is 2.35. The molecule has 4 nitrogen and oxygen atoms in total. The van der Waals surface area contributed by atoms with Crippen molar-refractivity contribution in [3.05, 3.63) is 77.2 Å². The number of aromatic amines is 1. The van der Waals surface area contributed by atoms with Gasteiger partial charge in [0.1, 0.15) is 17.0 Å². The number of hydrogen-bond acceptors (Lipinski definition) is 3. The Balaban J connectivity index is 1.86. The van der Waals surface area contributed by atoms with Gasteiger partial charge in [-0.3, -0.25) is 0 Å². The van der Waals surface area contributed by atoms with Crippen LogP contribution < -0.4 is 5.63 Å². The highest BCUT2D eigenvalue weighted by atomic mass is 16.4. The largest absolute Gasteiger partial charge is 0.422 e. The van der Waals surface area contributed by atoms with Crippen molar-refractivity contribution in [2.45, 2.75) is 0 Å². The minimum Gasteiger partial charge on any atom is -0.422 e. The molecule has 2 heterocycles. The zero-order valence-corrected chi connectivity index (χ0v) is 12.6. The fourth-order valence-electron chi connectivity index (χ4n) is 3.12. The third-order valence-corrected chi connectivity index (χ3v) is 4.29.